The standard InChI is InChI=1S/C18H29NS/c1-14(2)12-18(15-8-5-4-6-9-15)19-16-10-7-11-17(13-16)20-3/h4-6,8-9,14,16-19H,7,10-13H2,1-3H3. The monoisotopic (exact) mass is 291 g/mol. The molecule has 2 rings (SSSR count). The van der Waals surface area contributed by atoms with Crippen LogP contribution in [0.25, 0.3) is 0 Å². The Morgan fingerprint density at radius 1 is 1.20 bits per heavy atom. The zero-order chi connectivity index (χ0) is 14.4. The Hall–Kier alpha value is -0.470. The molecule has 1 fully saturated rings. The van der Waals surface area contributed by atoms with Crippen molar-refractivity contribution in [2.45, 2.75) is 63.3 Å². The van der Waals surface area contributed by atoms with Gasteiger partial charge >= 0.3 is 0 Å². The fourth-order valence-electron chi connectivity index (χ4n) is 3.25. The van der Waals surface area contributed by atoms with Crippen molar-refractivity contribution in [3.63, 3.8) is 0 Å². The van der Waals surface area contributed by atoms with Crippen LogP contribution in [0.4, 0.5) is 0 Å². The molecular formula is C18H29NS. The molecule has 0 aromatic heterocycles. The molecule has 1 aliphatic carbocycles. The largest absolute Gasteiger partial charge is 0.307 e. The van der Waals surface area contributed by atoms with Crippen molar-refractivity contribution >= 4 is 11.8 Å². The molecule has 0 amide bonds. The molecule has 0 bridgehead atoms. The molecule has 3 atom stereocenters. The van der Waals surface area contributed by atoms with Crippen molar-refractivity contribution in [1.82, 2.24) is 5.32 Å². The second-order valence-corrected chi connectivity index (χ2v) is 7.62. The summed E-state index contributed by atoms with van der Waals surface area (Å²) >= 11 is 2.05. The van der Waals surface area contributed by atoms with Crippen LogP contribution in [-0.2, 0) is 0 Å². The van der Waals surface area contributed by atoms with Gasteiger partial charge in [0.15, 0.2) is 0 Å². The molecule has 1 aromatic carbocycles. The van der Waals surface area contributed by atoms with Crippen molar-refractivity contribution in [3.8, 4) is 0 Å². The van der Waals surface area contributed by atoms with E-state index in [2.05, 4.69) is 55.8 Å². The van der Waals surface area contributed by atoms with Gasteiger partial charge in [-0.25, -0.2) is 0 Å². The maximum Gasteiger partial charge on any atom is 0.0325 e. The average molecular weight is 292 g/mol. The van der Waals surface area contributed by atoms with Crippen molar-refractivity contribution in [2.24, 2.45) is 5.92 Å². The molecule has 2 heteroatoms. The fraction of sp³-hybridized carbons (Fsp3) is 0.667. The summed E-state index contributed by atoms with van der Waals surface area (Å²) in [5.41, 5.74) is 1.45. The summed E-state index contributed by atoms with van der Waals surface area (Å²) in [5, 5.41) is 4.81. The van der Waals surface area contributed by atoms with E-state index in [9.17, 15) is 0 Å². The molecular weight excluding hydrogens is 262 g/mol. The third-order valence-corrected chi connectivity index (χ3v) is 5.40. The summed E-state index contributed by atoms with van der Waals surface area (Å²) < 4.78 is 0. The van der Waals surface area contributed by atoms with Crippen LogP contribution in [0.15, 0.2) is 30.3 Å². The van der Waals surface area contributed by atoms with E-state index < -0.39 is 0 Å². The Bertz CT molecular complexity index is 376. The van der Waals surface area contributed by atoms with Gasteiger partial charge in [0, 0.05) is 17.3 Å². The SMILES string of the molecule is CSC1CCCC(NC(CC(C)C)c2ccccc2)C1. The molecule has 1 aromatic rings. The van der Waals surface area contributed by atoms with Gasteiger partial charge in [-0.3, -0.25) is 0 Å². The Morgan fingerprint density at radius 2 is 1.95 bits per heavy atom. The molecule has 0 spiro atoms. The van der Waals surface area contributed by atoms with Gasteiger partial charge in [-0.2, -0.15) is 11.8 Å². The number of thioether (sulfide) groups is 1. The minimum Gasteiger partial charge on any atom is -0.307 e. The van der Waals surface area contributed by atoms with Gasteiger partial charge in [0.05, 0.1) is 0 Å². The molecule has 20 heavy (non-hydrogen) atoms. The zero-order valence-corrected chi connectivity index (χ0v) is 14.0. The molecule has 0 heterocycles. The first-order valence-corrected chi connectivity index (χ1v) is 9.31. The lowest BCUT2D eigenvalue weighted by molar-refractivity contribution is 0.318. The minimum absolute atomic E-state index is 0.516. The molecule has 1 saturated carbocycles. The average Bonchev–Trinajstić information content (AvgIpc) is 2.47. The molecule has 1 nitrogen and oxygen atoms in total. The summed E-state index contributed by atoms with van der Waals surface area (Å²) in [7, 11) is 0. The Kier molecular flexibility index (Phi) is 6.44. The normalized spacial score (nSPS) is 24.8. The molecule has 0 aliphatic heterocycles. The summed E-state index contributed by atoms with van der Waals surface area (Å²) in [6.07, 6.45) is 8.95. The van der Waals surface area contributed by atoms with Crippen molar-refractivity contribution < 1.29 is 0 Å². The topological polar surface area (TPSA) is 12.0 Å². The van der Waals surface area contributed by atoms with Gasteiger partial charge in [0.1, 0.15) is 0 Å². The smallest absolute Gasteiger partial charge is 0.0325 e. The highest BCUT2D eigenvalue weighted by molar-refractivity contribution is 7.99. The minimum atomic E-state index is 0.516. The Morgan fingerprint density at radius 3 is 2.60 bits per heavy atom. The Balaban J connectivity index is 2.00. The Labute approximate surface area is 128 Å². The van der Waals surface area contributed by atoms with E-state index in [1.165, 1.54) is 37.7 Å². The van der Waals surface area contributed by atoms with Gasteiger partial charge in [-0.05, 0) is 43.4 Å². The predicted molar refractivity (Wildman–Crippen MR) is 91.3 cm³/mol. The lowest BCUT2D eigenvalue weighted by atomic mass is 9.91. The highest BCUT2D eigenvalue weighted by Crippen LogP contribution is 2.30. The zero-order valence-electron chi connectivity index (χ0n) is 13.1. The highest BCUT2D eigenvalue weighted by atomic mass is 32.2. The second-order valence-electron chi connectivity index (χ2n) is 6.48. The summed E-state index contributed by atoms with van der Waals surface area (Å²) in [6, 6.07) is 12.2. The van der Waals surface area contributed by atoms with E-state index in [1.54, 1.807) is 0 Å². The van der Waals surface area contributed by atoms with Gasteiger partial charge in [0.2, 0.25) is 0 Å². The summed E-state index contributed by atoms with van der Waals surface area (Å²) in [6.45, 7) is 4.65. The van der Waals surface area contributed by atoms with E-state index in [-0.39, 0.29) is 0 Å². The molecule has 3 unspecified atom stereocenters. The van der Waals surface area contributed by atoms with Gasteiger partial charge < -0.3 is 5.32 Å². The van der Waals surface area contributed by atoms with E-state index in [1.807, 2.05) is 11.8 Å². The first-order chi connectivity index (χ1) is 9.69. The number of nitrogens with one attached hydrogen (secondary N) is 1. The van der Waals surface area contributed by atoms with Crippen molar-refractivity contribution in [3.05, 3.63) is 35.9 Å². The van der Waals surface area contributed by atoms with Gasteiger partial charge in [-0.15, -0.1) is 0 Å². The summed E-state index contributed by atoms with van der Waals surface area (Å²) in [4.78, 5) is 0. The number of rotatable bonds is 6. The molecule has 1 aliphatic rings. The molecule has 112 valence electrons. The predicted octanol–water partition coefficient (Wildman–Crippen LogP) is 5.04. The van der Waals surface area contributed by atoms with Crippen LogP contribution in [0.5, 0.6) is 0 Å². The second kappa shape index (κ2) is 8.09. The van der Waals surface area contributed by atoms with E-state index in [0.717, 1.165) is 11.2 Å². The van der Waals surface area contributed by atoms with Crippen LogP contribution in [-0.4, -0.2) is 17.5 Å². The first-order valence-electron chi connectivity index (χ1n) is 8.02. The first kappa shape index (κ1) is 15.9. The molecule has 0 radical (unpaired) electrons. The van der Waals surface area contributed by atoms with Crippen molar-refractivity contribution in [2.75, 3.05) is 6.26 Å². The maximum atomic E-state index is 3.95. The van der Waals surface area contributed by atoms with Gasteiger partial charge in [0.25, 0.3) is 0 Å². The quantitative estimate of drug-likeness (QED) is 0.788. The number of hydrogen-bond acceptors (Lipinski definition) is 2. The number of benzene rings is 1. The van der Waals surface area contributed by atoms with Crippen molar-refractivity contribution in [1.29, 1.82) is 0 Å². The van der Waals surface area contributed by atoms with Crippen LogP contribution in [0.2, 0.25) is 0 Å². The van der Waals surface area contributed by atoms with E-state index in [0.29, 0.717) is 12.1 Å². The van der Waals surface area contributed by atoms with Crippen LogP contribution < -0.4 is 5.32 Å². The highest BCUT2D eigenvalue weighted by Gasteiger charge is 2.24. The van der Waals surface area contributed by atoms with Crippen LogP contribution >= 0.6 is 11.8 Å². The van der Waals surface area contributed by atoms with E-state index >= 15 is 0 Å². The maximum absolute atomic E-state index is 3.95. The lowest BCUT2D eigenvalue weighted by Gasteiger charge is -2.33. The summed E-state index contributed by atoms with van der Waals surface area (Å²) in [5.74, 6) is 0.729. The third kappa shape index (κ3) is 4.82. The van der Waals surface area contributed by atoms with Gasteiger partial charge in [-0.1, -0.05) is 50.6 Å². The van der Waals surface area contributed by atoms with Crippen LogP contribution in [0.3, 0.4) is 0 Å². The molecule has 0 saturated heterocycles. The third-order valence-electron chi connectivity index (χ3n) is 4.31. The number of hydrogen-bond donors (Lipinski definition) is 1. The molecule has 1 N–H and O–H groups in total. The van der Waals surface area contributed by atoms with Crippen LogP contribution in [0, 0.1) is 5.92 Å². The van der Waals surface area contributed by atoms with Crippen LogP contribution in [0.1, 0.15) is 57.6 Å². The fourth-order valence-corrected chi connectivity index (χ4v) is 4.08. The van der Waals surface area contributed by atoms with E-state index in [4.69, 9.17) is 0 Å². The lowest BCUT2D eigenvalue weighted by Crippen LogP contribution is -2.38.